The largest absolute Gasteiger partial charge is 0.504 e. The smallest absolute Gasteiger partial charge is 0.191 e. The summed E-state index contributed by atoms with van der Waals surface area (Å²) in [5.41, 5.74) is 3.75. The van der Waals surface area contributed by atoms with Crippen molar-refractivity contribution in [1.82, 2.24) is 5.43 Å². The monoisotopic (exact) mass is 333 g/mol. The van der Waals surface area contributed by atoms with E-state index in [9.17, 15) is 9.50 Å². The van der Waals surface area contributed by atoms with Gasteiger partial charge >= 0.3 is 0 Å². The molecule has 0 saturated carbocycles. The summed E-state index contributed by atoms with van der Waals surface area (Å²) < 4.78 is 18.1. The fraction of sp³-hybridized carbons (Fsp3) is 0.125. The molecule has 0 aromatic heterocycles. The van der Waals surface area contributed by atoms with E-state index in [1.165, 1.54) is 18.3 Å². The van der Waals surface area contributed by atoms with E-state index in [4.69, 9.17) is 17.0 Å². The Balaban J connectivity index is 1.94. The van der Waals surface area contributed by atoms with Gasteiger partial charge in [0.2, 0.25) is 0 Å². The number of hydrazone groups is 1. The van der Waals surface area contributed by atoms with Crippen molar-refractivity contribution in [2.24, 2.45) is 5.10 Å². The van der Waals surface area contributed by atoms with Crippen LogP contribution < -0.4 is 15.5 Å². The summed E-state index contributed by atoms with van der Waals surface area (Å²) >= 11 is 5.07. The Bertz CT molecular complexity index is 705. The van der Waals surface area contributed by atoms with Gasteiger partial charge in [-0.25, -0.2) is 4.39 Å². The number of phenolic OH excluding ortho intramolecular Hbond substituents is 1. The molecule has 0 saturated heterocycles. The summed E-state index contributed by atoms with van der Waals surface area (Å²) in [7, 11) is 0. The second-order valence-corrected chi connectivity index (χ2v) is 4.87. The molecule has 3 N–H and O–H groups in total. The van der Waals surface area contributed by atoms with Crippen molar-refractivity contribution in [3.8, 4) is 11.5 Å². The summed E-state index contributed by atoms with van der Waals surface area (Å²) in [6.07, 6.45) is 1.43. The van der Waals surface area contributed by atoms with Crippen molar-refractivity contribution >= 4 is 29.2 Å². The molecule has 0 heterocycles. The minimum absolute atomic E-state index is 0.0114. The number of aromatic hydroxyl groups is 1. The lowest BCUT2D eigenvalue weighted by Gasteiger charge is -2.08. The van der Waals surface area contributed by atoms with Crippen LogP contribution in [0.3, 0.4) is 0 Å². The molecule has 2 aromatic carbocycles. The van der Waals surface area contributed by atoms with Crippen molar-refractivity contribution in [1.29, 1.82) is 0 Å². The van der Waals surface area contributed by atoms with Gasteiger partial charge in [-0.3, -0.25) is 5.43 Å². The van der Waals surface area contributed by atoms with Crippen molar-refractivity contribution in [2.75, 3.05) is 11.9 Å². The van der Waals surface area contributed by atoms with E-state index < -0.39 is 0 Å². The van der Waals surface area contributed by atoms with Crippen molar-refractivity contribution < 1.29 is 14.2 Å². The minimum Gasteiger partial charge on any atom is -0.504 e. The maximum absolute atomic E-state index is 12.8. The van der Waals surface area contributed by atoms with Gasteiger partial charge in [0.15, 0.2) is 16.6 Å². The van der Waals surface area contributed by atoms with Crippen LogP contribution in [0.5, 0.6) is 11.5 Å². The molecular weight excluding hydrogens is 317 g/mol. The van der Waals surface area contributed by atoms with Crippen molar-refractivity contribution in [3.05, 3.63) is 53.8 Å². The van der Waals surface area contributed by atoms with E-state index >= 15 is 0 Å². The Morgan fingerprint density at radius 1 is 1.30 bits per heavy atom. The molecule has 2 rings (SSSR count). The second kappa shape index (κ2) is 8.09. The first kappa shape index (κ1) is 16.7. The van der Waals surface area contributed by atoms with Crippen LogP contribution in [0.4, 0.5) is 10.1 Å². The number of anilines is 1. The first-order chi connectivity index (χ1) is 11.1. The van der Waals surface area contributed by atoms with Gasteiger partial charge in [-0.2, -0.15) is 5.10 Å². The van der Waals surface area contributed by atoms with E-state index in [2.05, 4.69) is 15.8 Å². The Morgan fingerprint density at radius 3 is 2.74 bits per heavy atom. The lowest BCUT2D eigenvalue weighted by atomic mass is 10.2. The van der Waals surface area contributed by atoms with Crippen LogP contribution in [0.1, 0.15) is 12.5 Å². The molecule has 5 nitrogen and oxygen atoms in total. The lowest BCUT2D eigenvalue weighted by molar-refractivity contribution is 0.318. The number of nitrogens with one attached hydrogen (secondary N) is 2. The third kappa shape index (κ3) is 4.93. The zero-order valence-electron chi connectivity index (χ0n) is 12.4. The molecule has 23 heavy (non-hydrogen) atoms. The molecule has 0 atom stereocenters. The maximum atomic E-state index is 12.8. The molecule has 0 amide bonds. The SMILES string of the molecule is CCOc1cccc(/C=N/NC(=S)Nc2ccc(F)cc2)c1O. The zero-order valence-corrected chi connectivity index (χ0v) is 13.2. The molecular formula is C16H16FN3O2S. The van der Waals surface area contributed by atoms with Gasteiger partial charge in [-0.05, 0) is 55.5 Å². The zero-order chi connectivity index (χ0) is 16.7. The van der Waals surface area contributed by atoms with Gasteiger partial charge in [-0.15, -0.1) is 0 Å². The third-order valence-electron chi connectivity index (χ3n) is 2.80. The number of benzene rings is 2. The van der Waals surface area contributed by atoms with Gasteiger partial charge in [0.25, 0.3) is 0 Å². The molecule has 7 heteroatoms. The number of thiocarbonyl (C=S) groups is 1. The summed E-state index contributed by atoms with van der Waals surface area (Å²) in [6, 6.07) is 10.9. The molecule has 0 aliphatic rings. The molecule has 0 unspecified atom stereocenters. The molecule has 0 aliphatic carbocycles. The normalized spacial score (nSPS) is 10.5. The fourth-order valence-electron chi connectivity index (χ4n) is 1.77. The molecule has 0 aliphatic heterocycles. The highest BCUT2D eigenvalue weighted by Gasteiger charge is 2.05. The number of phenols is 1. The molecule has 2 aromatic rings. The Kier molecular flexibility index (Phi) is 5.87. The van der Waals surface area contributed by atoms with Gasteiger partial charge in [-0.1, -0.05) is 6.07 Å². The Morgan fingerprint density at radius 2 is 2.04 bits per heavy atom. The molecule has 0 bridgehead atoms. The average molecular weight is 333 g/mol. The number of ether oxygens (including phenoxy) is 1. The highest BCUT2D eigenvalue weighted by atomic mass is 32.1. The van der Waals surface area contributed by atoms with E-state index in [1.54, 1.807) is 30.3 Å². The van der Waals surface area contributed by atoms with Gasteiger partial charge in [0, 0.05) is 11.3 Å². The summed E-state index contributed by atoms with van der Waals surface area (Å²) in [4.78, 5) is 0. The van der Waals surface area contributed by atoms with Crippen LogP contribution >= 0.6 is 12.2 Å². The van der Waals surface area contributed by atoms with E-state index in [1.807, 2.05) is 6.92 Å². The Labute approximate surface area is 138 Å². The predicted molar refractivity (Wildman–Crippen MR) is 92.6 cm³/mol. The van der Waals surface area contributed by atoms with Crippen LogP contribution in [0.25, 0.3) is 0 Å². The predicted octanol–water partition coefficient (Wildman–Crippen LogP) is 3.25. The quantitative estimate of drug-likeness (QED) is 0.445. The lowest BCUT2D eigenvalue weighted by Crippen LogP contribution is -2.23. The highest BCUT2D eigenvalue weighted by Crippen LogP contribution is 2.28. The molecule has 0 radical (unpaired) electrons. The fourth-order valence-corrected chi connectivity index (χ4v) is 1.94. The standard InChI is InChI=1S/C16H16FN3O2S/c1-2-22-14-5-3-4-11(15(14)21)10-18-20-16(23)19-13-8-6-12(17)7-9-13/h3-10,21H,2H2,1H3,(H2,19,20,23)/b18-10+. The van der Waals surface area contributed by atoms with Crippen LogP contribution in [-0.2, 0) is 0 Å². The van der Waals surface area contributed by atoms with Crippen LogP contribution in [0.15, 0.2) is 47.6 Å². The first-order valence-corrected chi connectivity index (χ1v) is 7.31. The second-order valence-electron chi connectivity index (χ2n) is 4.46. The molecule has 120 valence electrons. The number of rotatable bonds is 5. The van der Waals surface area contributed by atoms with Crippen LogP contribution in [-0.4, -0.2) is 23.0 Å². The maximum Gasteiger partial charge on any atom is 0.191 e. The Hall–Kier alpha value is -2.67. The molecule has 0 fully saturated rings. The third-order valence-corrected chi connectivity index (χ3v) is 3.00. The van der Waals surface area contributed by atoms with Gasteiger partial charge in [0.1, 0.15) is 5.82 Å². The summed E-state index contributed by atoms with van der Waals surface area (Å²) in [6.45, 7) is 2.29. The van der Waals surface area contributed by atoms with Crippen LogP contribution in [0, 0.1) is 5.82 Å². The summed E-state index contributed by atoms with van der Waals surface area (Å²) in [5, 5.41) is 17.1. The van der Waals surface area contributed by atoms with E-state index in [-0.39, 0.29) is 16.7 Å². The van der Waals surface area contributed by atoms with Crippen LogP contribution in [0.2, 0.25) is 0 Å². The number of halogens is 1. The first-order valence-electron chi connectivity index (χ1n) is 6.90. The summed E-state index contributed by atoms with van der Waals surface area (Å²) in [5.74, 6) is 0.0814. The topological polar surface area (TPSA) is 65.9 Å². The van der Waals surface area contributed by atoms with Crippen molar-refractivity contribution in [2.45, 2.75) is 6.92 Å². The van der Waals surface area contributed by atoms with Gasteiger partial charge in [0.05, 0.1) is 12.8 Å². The average Bonchev–Trinajstić information content (AvgIpc) is 2.53. The van der Waals surface area contributed by atoms with E-state index in [0.29, 0.717) is 23.6 Å². The number of para-hydroxylation sites is 1. The van der Waals surface area contributed by atoms with E-state index in [0.717, 1.165) is 0 Å². The number of nitrogens with zero attached hydrogens (tertiary/aromatic N) is 1. The van der Waals surface area contributed by atoms with Crippen molar-refractivity contribution in [3.63, 3.8) is 0 Å². The minimum atomic E-state index is -0.322. The number of hydrogen-bond acceptors (Lipinski definition) is 4. The van der Waals surface area contributed by atoms with Gasteiger partial charge < -0.3 is 15.2 Å². The number of hydrogen-bond donors (Lipinski definition) is 3. The molecule has 0 spiro atoms. The highest BCUT2D eigenvalue weighted by molar-refractivity contribution is 7.80.